The minimum atomic E-state index is -0.843. The van der Waals surface area contributed by atoms with Crippen LogP contribution in [0.2, 0.25) is 0 Å². The van der Waals surface area contributed by atoms with Crippen LogP contribution in [0.1, 0.15) is 30.2 Å². The van der Waals surface area contributed by atoms with Gasteiger partial charge in [-0.05, 0) is 43.5 Å². The molecule has 1 N–H and O–H groups in total. The van der Waals surface area contributed by atoms with E-state index in [4.69, 9.17) is 4.74 Å². The molecule has 0 radical (unpaired) electrons. The maximum absolute atomic E-state index is 10.7. The van der Waals surface area contributed by atoms with E-state index in [-0.39, 0.29) is 6.61 Å². The Morgan fingerprint density at radius 2 is 2.24 bits per heavy atom. The fourth-order valence-electron chi connectivity index (χ4n) is 2.92. The average Bonchev–Trinajstić information content (AvgIpc) is 2.54. The summed E-state index contributed by atoms with van der Waals surface area (Å²) in [5, 5.41) is 21.2. The van der Waals surface area contributed by atoms with Crippen LogP contribution in [0.3, 0.4) is 0 Å². The summed E-state index contributed by atoms with van der Waals surface area (Å²) in [4.78, 5) is 4.45. The molecule has 0 amide bonds. The highest BCUT2D eigenvalue weighted by molar-refractivity contribution is 5.79. The lowest BCUT2D eigenvalue weighted by Crippen LogP contribution is -2.36. The molecule has 2 unspecified atom stereocenters. The summed E-state index contributed by atoms with van der Waals surface area (Å²) in [5.41, 5.74) is 1.77. The number of benzene rings is 1. The fourth-order valence-corrected chi connectivity index (χ4v) is 2.92. The van der Waals surface area contributed by atoms with Crippen molar-refractivity contribution in [1.82, 2.24) is 4.98 Å². The minimum Gasteiger partial charge on any atom is -0.387 e. The normalized spacial score (nSPS) is 23.7. The van der Waals surface area contributed by atoms with Crippen molar-refractivity contribution in [1.29, 1.82) is 5.26 Å². The Kier molecular flexibility index (Phi) is 3.62. The van der Waals surface area contributed by atoms with Crippen molar-refractivity contribution >= 4 is 10.9 Å². The van der Waals surface area contributed by atoms with Crippen molar-refractivity contribution in [3.05, 3.63) is 41.6 Å². The van der Waals surface area contributed by atoms with Crippen LogP contribution in [0.5, 0.6) is 0 Å². The summed E-state index contributed by atoms with van der Waals surface area (Å²) in [6.07, 6.45) is 0.627. The van der Waals surface area contributed by atoms with Crippen LogP contribution >= 0.6 is 0 Å². The highest BCUT2D eigenvalue weighted by Gasteiger charge is 2.41. The Morgan fingerprint density at radius 3 is 2.95 bits per heavy atom. The molecule has 2 aromatic rings. The summed E-state index contributed by atoms with van der Waals surface area (Å²) in [6.45, 7) is 2.90. The van der Waals surface area contributed by atoms with Gasteiger partial charge in [0.2, 0.25) is 0 Å². The van der Waals surface area contributed by atoms with Gasteiger partial charge >= 0.3 is 0 Å². The van der Waals surface area contributed by atoms with Gasteiger partial charge in [0.05, 0.1) is 24.3 Å². The number of aromatic nitrogens is 1. The molecule has 0 spiro atoms. The molecule has 0 saturated carbocycles. The third-order valence-corrected chi connectivity index (χ3v) is 4.19. The highest BCUT2D eigenvalue weighted by atomic mass is 16.5. The first-order valence-corrected chi connectivity index (χ1v) is 7.19. The molecule has 2 atom stereocenters. The van der Waals surface area contributed by atoms with E-state index in [0.717, 1.165) is 28.6 Å². The number of aryl methyl sites for hydroxylation is 1. The molecule has 4 heteroatoms. The zero-order valence-electron chi connectivity index (χ0n) is 12.0. The molecular weight excluding hydrogens is 264 g/mol. The summed E-state index contributed by atoms with van der Waals surface area (Å²) in [7, 11) is 0. The van der Waals surface area contributed by atoms with E-state index in [0.29, 0.717) is 13.0 Å². The van der Waals surface area contributed by atoms with E-state index in [2.05, 4.69) is 11.1 Å². The second-order valence-corrected chi connectivity index (χ2v) is 5.73. The summed E-state index contributed by atoms with van der Waals surface area (Å²) < 4.78 is 5.43. The van der Waals surface area contributed by atoms with Crippen LogP contribution in [0.4, 0.5) is 0 Å². The van der Waals surface area contributed by atoms with Gasteiger partial charge in [0.1, 0.15) is 5.41 Å². The minimum absolute atomic E-state index is 0.287. The van der Waals surface area contributed by atoms with Gasteiger partial charge in [-0.15, -0.1) is 0 Å². The number of hydrogen-bond donors (Lipinski definition) is 1. The lowest BCUT2D eigenvalue weighted by Gasteiger charge is -2.35. The van der Waals surface area contributed by atoms with Crippen molar-refractivity contribution < 1.29 is 9.84 Å². The molecule has 1 fully saturated rings. The van der Waals surface area contributed by atoms with Crippen molar-refractivity contribution in [2.24, 2.45) is 5.41 Å². The molecular formula is C17H18N2O2. The van der Waals surface area contributed by atoms with E-state index in [1.165, 1.54) is 0 Å². The zero-order chi connectivity index (χ0) is 14.9. The molecule has 0 bridgehead atoms. The zero-order valence-corrected chi connectivity index (χ0v) is 12.0. The van der Waals surface area contributed by atoms with Gasteiger partial charge in [-0.3, -0.25) is 4.98 Å². The molecule has 1 aromatic heterocycles. The number of fused-ring (bicyclic) bond motifs is 1. The predicted molar refractivity (Wildman–Crippen MR) is 79.5 cm³/mol. The van der Waals surface area contributed by atoms with Crippen LogP contribution < -0.4 is 0 Å². The van der Waals surface area contributed by atoms with Gasteiger partial charge in [-0.1, -0.05) is 12.1 Å². The number of rotatable bonds is 2. The number of ether oxygens (including phenoxy) is 1. The first-order valence-electron chi connectivity index (χ1n) is 7.19. The molecule has 1 aromatic carbocycles. The maximum Gasteiger partial charge on any atom is 0.111 e. The maximum atomic E-state index is 10.7. The van der Waals surface area contributed by atoms with Crippen LogP contribution in [0, 0.1) is 23.7 Å². The molecule has 1 aliphatic rings. The fraction of sp³-hybridized carbons (Fsp3) is 0.412. The van der Waals surface area contributed by atoms with Gasteiger partial charge in [0.15, 0.2) is 0 Å². The number of aliphatic hydroxyl groups excluding tert-OH is 1. The molecule has 4 nitrogen and oxygen atoms in total. The SMILES string of the molecule is Cc1ccc2cc(C(O)C3(C#N)CCCOC3)ccc2n1. The second kappa shape index (κ2) is 5.44. The first-order chi connectivity index (χ1) is 10.1. The molecule has 21 heavy (non-hydrogen) atoms. The van der Waals surface area contributed by atoms with Crippen molar-refractivity contribution in [3.8, 4) is 6.07 Å². The first kappa shape index (κ1) is 14.0. The van der Waals surface area contributed by atoms with Crippen molar-refractivity contribution in [2.75, 3.05) is 13.2 Å². The van der Waals surface area contributed by atoms with Gasteiger partial charge in [0, 0.05) is 17.7 Å². The van der Waals surface area contributed by atoms with Crippen LogP contribution in [0.25, 0.3) is 10.9 Å². The van der Waals surface area contributed by atoms with Crippen molar-refractivity contribution in [3.63, 3.8) is 0 Å². The van der Waals surface area contributed by atoms with E-state index < -0.39 is 11.5 Å². The summed E-state index contributed by atoms with van der Waals surface area (Å²) >= 11 is 0. The Hall–Kier alpha value is -1.96. The largest absolute Gasteiger partial charge is 0.387 e. The third kappa shape index (κ3) is 2.51. The summed E-state index contributed by atoms with van der Waals surface area (Å²) in [5.74, 6) is 0. The Balaban J connectivity index is 1.99. The number of hydrogen-bond acceptors (Lipinski definition) is 4. The van der Waals surface area contributed by atoms with Crippen LogP contribution in [-0.2, 0) is 4.74 Å². The summed E-state index contributed by atoms with van der Waals surface area (Å²) in [6, 6.07) is 11.9. The molecule has 3 rings (SSSR count). The molecule has 1 saturated heterocycles. The van der Waals surface area contributed by atoms with E-state index in [9.17, 15) is 10.4 Å². The van der Waals surface area contributed by atoms with Crippen LogP contribution in [0.15, 0.2) is 30.3 Å². The predicted octanol–water partition coefficient (Wildman–Crippen LogP) is 2.90. The van der Waals surface area contributed by atoms with Gasteiger partial charge in [-0.25, -0.2) is 0 Å². The molecule has 2 heterocycles. The topological polar surface area (TPSA) is 66.1 Å². The highest BCUT2D eigenvalue weighted by Crippen LogP contribution is 2.40. The smallest absolute Gasteiger partial charge is 0.111 e. The Morgan fingerprint density at radius 1 is 1.38 bits per heavy atom. The molecule has 108 valence electrons. The van der Waals surface area contributed by atoms with E-state index in [1.807, 2.05) is 37.3 Å². The van der Waals surface area contributed by atoms with Crippen molar-refractivity contribution in [2.45, 2.75) is 25.9 Å². The molecule has 1 aliphatic heterocycles. The van der Waals surface area contributed by atoms with E-state index >= 15 is 0 Å². The number of nitrogens with zero attached hydrogens (tertiary/aromatic N) is 2. The second-order valence-electron chi connectivity index (χ2n) is 5.73. The number of pyridine rings is 1. The Labute approximate surface area is 124 Å². The van der Waals surface area contributed by atoms with Crippen LogP contribution in [-0.4, -0.2) is 23.3 Å². The van der Waals surface area contributed by atoms with Gasteiger partial charge < -0.3 is 9.84 Å². The van der Waals surface area contributed by atoms with E-state index in [1.54, 1.807) is 0 Å². The average molecular weight is 282 g/mol. The standard InChI is InChI=1S/C17H18N2O2/c1-12-3-4-13-9-14(5-6-15(13)19-12)16(20)17(10-18)7-2-8-21-11-17/h3-6,9,16,20H,2,7-8,11H2,1H3. The molecule has 0 aliphatic carbocycles. The number of aliphatic hydroxyl groups is 1. The van der Waals surface area contributed by atoms with Gasteiger partial charge in [0.25, 0.3) is 0 Å². The quantitative estimate of drug-likeness (QED) is 0.919. The monoisotopic (exact) mass is 282 g/mol. The lowest BCUT2D eigenvalue weighted by atomic mass is 9.76. The lowest BCUT2D eigenvalue weighted by molar-refractivity contribution is -0.0505. The van der Waals surface area contributed by atoms with Gasteiger partial charge in [-0.2, -0.15) is 5.26 Å². The Bertz CT molecular complexity index is 699. The number of nitriles is 1. The third-order valence-electron chi connectivity index (χ3n) is 4.19.